The molecule has 0 radical (unpaired) electrons. The third kappa shape index (κ3) is 3.79. The van der Waals surface area contributed by atoms with Crippen LogP contribution >= 0.6 is 0 Å². The van der Waals surface area contributed by atoms with Crippen molar-refractivity contribution in [3.63, 3.8) is 0 Å². The molecule has 0 heterocycles. The fourth-order valence-corrected chi connectivity index (χ4v) is 2.42. The number of hydrogen-bond donors (Lipinski definition) is 0. The van der Waals surface area contributed by atoms with Crippen LogP contribution in [0.3, 0.4) is 0 Å². The summed E-state index contributed by atoms with van der Waals surface area (Å²) in [6.45, 7) is 5.22. The molecule has 0 atom stereocenters. The molecule has 0 bridgehead atoms. The SMILES string of the molecule is CCN(CC)C(=O)c1ccccc1Oc1ccc(OC)c(OC)c1. The van der Waals surface area contributed by atoms with Crippen LogP contribution in [-0.4, -0.2) is 38.1 Å². The van der Waals surface area contributed by atoms with Crippen LogP contribution in [0.1, 0.15) is 24.2 Å². The van der Waals surface area contributed by atoms with Gasteiger partial charge in [0.2, 0.25) is 0 Å². The summed E-state index contributed by atoms with van der Waals surface area (Å²) < 4.78 is 16.4. The number of methoxy groups -OCH3 is 2. The minimum Gasteiger partial charge on any atom is -0.493 e. The first-order chi connectivity index (χ1) is 11.6. The number of carbonyl (C=O) groups is 1. The molecule has 2 aromatic carbocycles. The Morgan fingerprint density at radius 2 is 1.58 bits per heavy atom. The predicted molar refractivity (Wildman–Crippen MR) is 93.3 cm³/mol. The fourth-order valence-electron chi connectivity index (χ4n) is 2.42. The molecular weight excluding hydrogens is 306 g/mol. The van der Waals surface area contributed by atoms with Crippen LogP contribution in [0.4, 0.5) is 0 Å². The molecule has 0 fully saturated rings. The van der Waals surface area contributed by atoms with Crippen molar-refractivity contribution < 1.29 is 19.0 Å². The number of nitrogens with zero attached hydrogens (tertiary/aromatic N) is 1. The third-order valence-electron chi connectivity index (χ3n) is 3.75. The minimum atomic E-state index is -0.0453. The molecule has 0 saturated carbocycles. The largest absolute Gasteiger partial charge is 0.493 e. The lowest BCUT2D eigenvalue weighted by Gasteiger charge is -2.20. The molecule has 0 aliphatic heterocycles. The second kappa shape index (κ2) is 8.24. The van der Waals surface area contributed by atoms with Gasteiger partial charge in [-0.3, -0.25) is 4.79 Å². The molecule has 0 N–H and O–H groups in total. The lowest BCUT2D eigenvalue weighted by molar-refractivity contribution is 0.0770. The standard InChI is InChI=1S/C19H23NO4/c1-5-20(6-2)19(21)15-9-7-8-10-16(15)24-14-11-12-17(22-3)18(13-14)23-4/h7-13H,5-6H2,1-4H3. The van der Waals surface area contributed by atoms with Gasteiger partial charge in [0.25, 0.3) is 5.91 Å². The van der Waals surface area contributed by atoms with Gasteiger partial charge in [-0.2, -0.15) is 0 Å². The molecular formula is C19H23NO4. The number of hydrogen-bond acceptors (Lipinski definition) is 4. The van der Waals surface area contributed by atoms with Crippen LogP contribution in [0.25, 0.3) is 0 Å². The van der Waals surface area contributed by atoms with Crippen LogP contribution in [0.5, 0.6) is 23.0 Å². The second-order valence-corrected chi connectivity index (χ2v) is 5.09. The summed E-state index contributed by atoms with van der Waals surface area (Å²) in [4.78, 5) is 14.4. The van der Waals surface area contributed by atoms with E-state index in [9.17, 15) is 4.79 Å². The molecule has 0 aliphatic carbocycles. The molecule has 2 aromatic rings. The monoisotopic (exact) mass is 329 g/mol. The third-order valence-corrected chi connectivity index (χ3v) is 3.75. The Hall–Kier alpha value is -2.69. The molecule has 1 amide bonds. The summed E-state index contributed by atoms with van der Waals surface area (Å²) in [7, 11) is 3.15. The van der Waals surface area contributed by atoms with Gasteiger partial charge in [0.1, 0.15) is 11.5 Å². The van der Waals surface area contributed by atoms with Crippen LogP contribution in [0.2, 0.25) is 0 Å². The Balaban J connectivity index is 2.32. The van der Waals surface area contributed by atoms with Gasteiger partial charge in [-0.25, -0.2) is 0 Å². The van der Waals surface area contributed by atoms with Crippen molar-refractivity contribution in [2.75, 3.05) is 27.3 Å². The number of carbonyl (C=O) groups excluding carboxylic acids is 1. The Bertz CT molecular complexity index is 696. The molecule has 5 nitrogen and oxygen atoms in total. The van der Waals surface area contributed by atoms with Crippen molar-refractivity contribution in [1.29, 1.82) is 0 Å². The normalized spacial score (nSPS) is 10.2. The molecule has 5 heteroatoms. The van der Waals surface area contributed by atoms with Gasteiger partial charge in [0, 0.05) is 19.2 Å². The first-order valence-corrected chi connectivity index (χ1v) is 7.92. The molecule has 0 aromatic heterocycles. The molecule has 0 spiro atoms. The fraction of sp³-hybridized carbons (Fsp3) is 0.316. The van der Waals surface area contributed by atoms with Crippen LogP contribution in [0.15, 0.2) is 42.5 Å². The summed E-state index contributed by atoms with van der Waals surface area (Å²) in [5.74, 6) is 2.24. The Morgan fingerprint density at radius 1 is 0.917 bits per heavy atom. The lowest BCUT2D eigenvalue weighted by atomic mass is 10.1. The zero-order valence-electron chi connectivity index (χ0n) is 14.5. The van der Waals surface area contributed by atoms with E-state index >= 15 is 0 Å². The highest BCUT2D eigenvalue weighted by molar-refractivity contribution is 5.97. The average molecular weight is 329 g/mol. The second-order valence-electron chi connectivity index (χ2n) is 5.09. The minimum absolute atomic E-state index is 0.0453. The van der Waals surface area contributed by atoms with Crippen LogP contribution in [-0.2, 0) is 0 Å². The van der Waals surface area contributed by atoms with Crippen molar-refractivity contribution >= 4 is 5.91 Å². The molecule has 0 aliphatic rings. The van der Waals surface area contributed by atoms with Gasteiger partial charge in [0.05, 0.1) is 19.8 Å². The van der Waals surface area contributed by atoms with Crippen molar-refractivity contribution in [2.24, 2.45) is 0 Å². The molecule has 128 valence electrons. The van der Waals surface area contributed by atoms with Crippen LogP contribution < -0.4 is 14.2 Å². The highest BCUT2D eigenvalue weighted by atomic mass is 16.5. The summed E-state index contributed by atoms with van der Waals surface area (Å²) in [6.07, 6.45) is 0. The maximum absolute atomic E-state index is 12.6. The molecule has 24 heavy (non-hydrogen) atoms. The molecule has 2 rings (SSSR count). The van der Waals surface area contributed by atoms with Crippen molar-refractivity contribution in [2.45, 2.75) is 13.8 Å². The zero-order chi connectivity index (χ0) is 17.5. The maximum Gasteiger partial charge on any atom is 0.257 e. The summed E-state index contributed by atoms with van der Waals surface area (Å²) >= 11 is 0. The van der Waals surface area contributed by atoms with Gasteiger partial charge in [0.15, 0.2) is 11.5 Å². The number of rotatable bonds is 7. The summed E-state index contributed by atoms with van der Waals surface area (Å²) in [5.41, 5.74) is 0.538. The maximum atomic E-state index is 12.6. The van der Waals surface area contributed by atoms with E-state index in [0.717, 1.165) is 0 Å². The van der Waals surface area contributed by atoms with E-state index in [-0.39, 0.29) is 5.91 Å². The Morgan fingerprint density at radius 3 is 2.21 bits per heavy atom. The van der Waals surface area contributed by atoms with Gasteiger partial charge in [-0.1, -0.05) is 12.1 Å². The molecule has 0 saturated heterocycles. The average Bonchev–Trinajstić information content (AvgIpc) is 2.63. The van der Waals surface area contributed by atoms with E-state index < -0.39 is 0 Å². The number of ether oxygens (including phenoxy) is 3. The van der Waals surface area contributed by atoms with E-state index in [1.807, 2.05) is 26.0 Å². The van der Waals surface area contributed by atoms with Gasteiger partial charge >= 0.3 is 0 Å². The number of benzene rings is 2. The van der Waals surface area contributed by atoms with E-state index in [2.05, 4.69) is 0 Å². The van der Waals surface area contributed by atoms with Crippen molar-refractivity contribution in [3.8, 4) is 23.0 Å². The zero-order valence-corrected chi connectivity index (χ0v) is 14.5. The van der Waals surface area contributed by atoms with Crippen LogP contribution in [0, 0.1) is 0 Å². The number of amides is 1. The lowest BCUT2D eigenvalue weighted by Crippen LogP contribution is -2.30. The Kier molecular flexibility index (Phi) is 6.07. The predicted octanol–water partition coefficient (Wildman–Crippen LogP) is 3.98. The van der Waals surface area contributed by atoms with E-state index in [1.165, 1.54) is 0 Å². The smallest absolute Gasteiger partial charge is 0.257 e. The summed E-state index contributed by atoms with van der Waals surface area (Å²) in [6, 6.07) is 12.5. The first-order valence-electron chi connectivity index (χ1n) is 7.92. The van der Waals surface area contributed by atoms with Crippen molar-refractivity contribution in [1.82, 2.24) is 4.90 Å². The quantitative estimate of drug-likeness (QED) is 0.771. The molecule has 0 unspecified atom stereocenters. The highest BCUT2D eigenvalue weighted by Gasteiger charge is 2.18. The van der Waals surface area contributed by atoms with E-state index in [4.69, 9.17) is 14.2 Å². The first kappa shape index (κ1) is 17.7. The highest BCUT2D eigenvalue weighted by Crippen LogP contribution is 2.34. The number of para-hydroxylation sites is 1. The Labute approximate surface area is 142 Å². The van der Waals surface area contributed by atoms with Crippen molar-refractivity contribution in [3.05, 3.63) is 48.0 Å². The van der Waals surface area contributed by atoms with Gasteiger partial charge < -0.3 is 19.1 Å². The van der Waals surface area contributed by atoms with Gasteiger partial charge in [-0.05, 0) is 38.1 Å². The topological polar surface area (TPSA) is 48.0 Å². The van der Waals surface area contributed by atoms with E-state index in [0.29, 0.717) is 41.7 Å². The van der Waals surface area contributed by atoms with E-state index in [1.54, 1.807) is 49.5 Å². The van der Waals surface area contributed by atoms with Gasteiger partial charge in [-0.15, -0.1) is 0 Å². The summed E-state index contributed by atoms with van der Waals surface area (Å²) in [5, 5.41) is 0.